The molecule has 218 valence electrons. The van der Waals surface area contributed by atoms with E-state index in [4.69, 9.17) is 19.2 Å². The summed E-state index contributed by atoms with van der Waals surface area (Å²) in [4.78, 5) is 37.3. The van der Waals surface area contributed by atoms with Crippen LogP contribution in [0.5, 0.6) is 17.2 Å². The maximum atomic E-state index is 13.7. The second-order valence-corrected chi connectivity index (χ2v) is 11.1. The van der Waals surface area contributed by atoms with E-state index < -0.39 is 17.7 Å². The van der Waals surface area contributed by atoms with Gasteiger partial charge in [0.15, 0.2) is 16.6 Å². The highest BCUT2D eigenvalue weighted by Crippen LogP contribution is 2.46. The minimum atomic E-state index is -0.964. The molecule has 0 radical (unpaired) electrons. The normalized spacial score (nSPS) is 16.4. The van der Waals surface area contributed by atoms with Gasteiger partial charge in [0.05, 0.1) is 41.7 Å². The number of rotatable bonds is 11. The van der Waals surface area contributed by atoms with Crippen molar-refractivity contribution in [2.75, 3.05) is 24.7 Å². The summed E-state index contributed by atoms with van der Waals surface area (Å²) >= 11 is 1.27. The van der Waals surface area contributed by atoms with Crippen molar-refractivity contribution in [1.29, 1.82) is 0 Å². The number of nitrogens with zero attached hydrogens (tertiary/aromatic N) is 3. The van der Waals surface area contributed by atoms with Crippen LogP contribution in [0.3, 0.4) is 0 Å². The number of thiazole rings is 1. The van der Waals surface area contributed by atoms with Crippen molar-refractivity contribution in [2.24, 2.45) is 5.92 Å². The molecule has 9 nitrogen and oxygen atoms in total. The molecule has 1 N–H and O–H groups in total. The Morgan fingerprint density at radius 2 is 1.74 bits per heavy atom. The van der Waals surface area contributed by atoms with Gasteiger partial charge in [-0.3, -0.25) is 19.5 Å². The van der Waals surface area contributed by atoms with Crippen LogP contribution in [0.25, 0.3) is 16.0 Å². The van der Waals surface area contributed by atoms with Crippen molar-refractivity contribution in [3.05, 3.63) is 77.6 Å². The summed E-state index contributed by atoms with van der Waals surface area (Å²) in [5, 5.41) is 11.7. The van der Waals surface area contributed by atoms with Crippen LogP contribution in [0.2, 0.25) is 0 Å². The third-order valence-corrected chi connectivity index (χ3v) is 7.82. The van der Waals surface area contributed by atoms with Crippen LogP contribution in [0.4, 0.5) is 5.13 Å². The fraction of sp³-hybridized carbons (Fsp3) is 0.312. The number of ketones is 1. The number of carbonyl (C=O) groups excluding carboxylic acids is 2. The minimum Gasteiger partial charge on any atom is -0.507 e. The van der Waals surface area contributed by atoms with Crippen LogP contribution in [0, 0.1) is 5.92 Å². The number of aromatic nitrogens is 2. The van der Waals surface area contributed by atoms with E-state index in [1.54, 1.807) is 30.3 Å². The van der Waals surface area contributed by atoms with Gasteiger partial charge in [-0.2, -0.15) is 0 Å². The summed E-state index contributed by atoms with van der Waals surface area (Å²) in [5.41, 5.74) is 1.56. The van der Waals surface area contributed by atoms with Crippen molar-refractivity contribution in [2.45, 2.75) is 40.2 Å². The van der Waals surface area contributed by atoms with Gasteiger partial charge in [-0.25, -0.2) is 4.98 Å². The Labute approximate surface area is 248 Å². The molecule has 5 rings (SSSR count). The lowest BCUT2D eigenvalue weighted by Crippen LogP contribution is -2.29. The van der Waals surface area contributed by atoms with Crippen LogP contribution in [0.1, 0.15) is 51.3 Å². The van der Waals surface area contributed by atoms with Gasteiger partial charge in [-0.15, -0.1) is 0 Å². The van der Waals surface area contributed by atoms with Crippen LogP contribution in [-0.4, -0.2) is 46.6 Å². The fourth-order valence-electron chi connectivity index (χ4n) is 4.75. The number of hydrogen-bond acceptors (Lipinski definition) is 9. The quantitative estimate of drug-likeness (QED) is 0.120. The van der Waals surface area contributed by atoms with E-state index in [0.29, 0.717) is 64.8 Å². The summed E-state index contributed by atoms with van der Waals surface area (Å²) in [5.74, 6) is 0.332. The van der Waals surface area contributed by atoms with Crippen LogP contribution < -0.4 is 19.1 Å². The van der Waals surface area contributed by atoms with Crippen molar-refractivity contribution in [3.63, 3.8) is 0 Å². The number of fused-ring (bicyclic) bond motifs is 1. The van der Waals surface area contributed by atoms with E-state index in [-0.39, 0.29) is 11.3 Å². The number of carbonyl (C=O) groups is 2. The number of Topliss-reactive ketones (excluding diaryl/α,β-unsaturated/α-hetero) is 1. The molecule has 1 amide bonds. The van der Waals surface area contributed by atoms with E-state index in [0.717, 1.165) is 11.1 Å². The Balaban J connectivity index is 1.65. The van der Waals surface area contributed by atoms with Gasteiger partial charge in [0, 0.05) is 18.0 Å². The molecule has 0 saturated carbocycles. The van der Waals surface area contributed by atoms with E-state index in [1.165, 1.54) is 28.6 Å². The smallest absolute Gasteiger partial charge is 0.301 e. The van der Waals surface area contributed by atoms with Crippen molar-refractivity contribution in [3.8, 4) is 17.2 Å². The SMILES string of the molecule is CCOc1ccc2nc(N3C(=O)C(=O)/C(=C(/O)c4ccncc4)C3c3ccc(OCCC(C)C)c(OCC)c3)sc2c1. The van der Waals surface area contributed by atoms with Gasteiger partial charge < -0.3 is 19.3 Å². The second-order valence-electron chi connectivity index (χ2n) is 10.1. The molecule has 0 spiro atoms. The number of anilines is 1. The van der Waals surface area contributed by atoms with Gasteiger partial charge >= 0.3 is 5.91 Å². The molecule has 1 saturated heterocycles. The summed E-state index contributed by atoms with van der Waals surface area (Å²) in [6.07, 6.45) is 3.91. The van der Waals surface area contributed by atoms with Crippen molar-refractivity contribution in [1.82, 2.24) is 9.97 Å². The van der Waals surface area contributed by atoms with Gasteiger partial charge in [0.1, 0.15) is 11.5 Å². The summed E-state index contributed by atoms with van der Waals surface area (Å²) in [6.45, 7) is 9.46. The first kappa shape index (κ1) is 29.1. The second kappa shape index (κ2) is 12.6. The average Bonchev–Trinajstić information content (AvgIpc) is 3.51. The van der Waals surface area contributed by atoms with Gasteiger partial charge in [0.25, 0.3) is 5.78 Å². The molecule has 4 aromatic rings. The number of benzene rings is 2. The zero-order valence-corrected chi connectivity index (χ0v) is 24.8. The number of aliphatic hydroxyl groups is 1. The highest BCUT2D eigenvalue weighted by atomic mass is 32.1. The summed E-state index contributed by atoms with van der Waals surface area (Å²) in [7, 11) is 0. The van der Waals surface area contributed by atoms with E-state index in [2.05, 4.69) is 18.8 Å². The molecule has 1 fully saturated rings. The number of hydrogen-bond donors (Lipinski definition) is 1. The number of ether oxygens (including phenoxy) is 3. The molecule has 10 heteroatoms. The lowest BCUT2D eigenvalue weighted by Gasteiger charge is -2.24. The van der Waals surface area contributed by atoms with E-state index >= 15 is 0 Å². The molecule has 1 unspecified atom stereocenters. The Bertz CT molecular complexity index is 1630. The Morgan fingerprint density at radius 1 is 0.976 bits per heavy atom. The van der Waals surface area contributed by atoms with Crippen molar-refractivity contribution < 1.29 is 28.9 Å². The first-order valence-corrected chi connectivity index (χ1v) is 14.8. The minimum absolute atomic E-state index is 0.0450. The lowest BCUT2D eigenvalue weighted by molar-refractivity contribution is -0.132. The standard InChI is InChI=1S/C32H33N3O6S/c1-5-39-22-8-9-23-26(18-22)42-32(34-23)35-28(27(30(37)31(35)38)29(36)20-11-14-33-15-12-20)21-7-10-24(25(17-21)40-6-2)41-16-13-19(3)4/h7-12,14-15,17-19,28,36H,5-6,13,16H2,1-4H3/b29-27+. The Hall–Kier alpha value is -4.44. The van der Waals surface area contributed by atoms with Crippen molar-refractivity contribution >= 4 is 44.1 Å². The average molecular weight is 588 g/mol. The molecule has 0 aliphatic carbocycles. The lowest BCUT2D eigenvalue weighted by atomic mass is 9.95. The Kier molecular flexibility index (Phi) is 8.72. The number of aliphatic hydroxyl groups excluding tert-OH is 1. The number of pyridine rings is 1. The third-order valence-electron chi connectivity index (χ3n) is 6.80. The molecular weight excluding hydrogens is 554 g/mol. The molecular formula is C32H33N3O6S. The Morgan fingerprint density at radius 3 is 2.45 bits per heavy atom. The first-order valence-electron chi connectivity index (χ1n) is 14.0. The maximum Gasteiger partial charge on any atom is 0.301 e. The highest BCUT2D eigenvalue weighted by molar-refractivity contribution is 7.22. The fourth-order valence-corrected chi connectivity index (χ4v) is 5.77. The van der Waals surface area contributed by atoms with E-state index in [1.807, 2.05) is 32.0 Å². The largest absolute Gasteiger partial charge is 0.507 e. The summed E-state index contributed by atoms with van der Waals surface area (Å²) in [6, 6.07) is 13.0. The first-order chi connectivity index (χ1) is 20.3. The maximum absolute atomic E-state index is 13.7. The molecule has 42 heavy (non-hydrogen) atoms. The summed E-state index contributed by atoms with van der Waals surface area (Å²) < 4.78 is 18.4. The topological polar surface area (TPSA) is 111 Å². The number of amides is 1. The molecule has 1 aliphatic heterocycles. The van der Waals surface area contributed by atoms with Gasteiger partial charge in [-0.05, 0) is 74.2 Å². The van der Waals surface area contributed by atoms with Crippen LogP contribution >= 0.6 is 11.3 Å². The third kappa shape index (κ3) is 5.80. The molecule has 1 aliphatic rings. The monoisotopic (exact) mass is 587 g/mol. The zero-order chi connectivity index (χ0) is 29.8. The molecule has 3 heterocycles. The molecule has 2 aromatic heterocycles. The predicted octanol–water partition coefficient (Wildman–Crippen LogP) is 6.54. The van der Waals surface area contributed by atoms with Gasteiger partial charge in [-0.1, -0.05) is 31.3 Å². The molecule has 0 bridgehead atoms. The molecule has 2 aromatic carbocycles. The van der Waals surface area contributed by atoms with Crippen LogP contribution in [-0.2, 0) is 9.59 Å². The van der Waals surface area contributed by atoms with Gasteiger partial charge in [0.2, 0.25) is 0 Å². The van der Waals surface area contributed by atoms with E-state index in [9.17, 15) is 14.7 Å². The van der Waals surface area contributed by atoms with Crippen LogP contribution in [0.15, 0.2) is 66.5 Å². The zero-order valence-electron chi connectivity index (χ0n) is 24.0. The highest BCUT2D eigenvalue weighted by Gasteiger charge is 2.48. The predicted molar refractivity (Wildman–Crippen MR) is 162 cm³/mol. The molecule has 1 atom stereocenters.